The molecule has 11 nitrogen and oxygen atoms in total. The molecule has 0 spiro atoms. The van der Waals surface area contributed by atoms with Crippen LogP contribution in [0.1, 0.15) is 27.0 Å². The summed E-state index contributed by atoms with van der Waals surface area (Å²) in [6, 6.07) is 0. The second-order valence-corrected chi connectivity index (χ2v) is 15.0. The van der Waals surface area contributed by atoms with Crippen LogP contribution in [-0.2, 0) is 22.8 Å². The summed E-state index contributed by atoms with van der Waals surface area (Å²) in [7, 11) is -6.46. The zero-order chi connectivity index (χ0) is 21.2. The van der Waals surface area contributed by atoms with Gasteiger partial charge in [0.15, 0.2) is 26.0 Å². The third-order valence-corrected chi connectivity index (χ3v) is 11.3. The number of nitrogens with two attached hydrogens (primary N) is 1. The van der Waals surface area contributed by atoms with Crippen molar-refractivity contribution in [2.75, 3.05) is 12.3 Å². The van der Waals surface area contributed by atoms with Gasteiger partial charge in [0.25, 0.3) is 0 Å². The molecule has 0 aromatic carbocycles. The summed E-state index contributed by atoms with van der Waals surface area (Å²) in [5, 5.41) is -0.0900. The molecule has 2 fully saturated rings. The topological polar surface area (TPSA) is 144 Å². The van der Waals surface area contributed by atoms with Gasteiger partial charge in [-0.25, -0.2) is 19.5 Å². The fourth-order valence-electron chi connectivity index (χ4n) is 3.24. The number of fused-ring (bicyclic) bond motifs is 2. The van der Waals surface area contributed by atoms with E-state index in [2.05, 4.69) is 48.8 Å². The van der Waals surface area contributed by atoms with E-state index in [0.717, 1.165) is 0 Å². The number of imidazole rings is 1. The van der Waals surface area contributed by atoms with Crippen LogP contribution < -0.4 is 5.73 Å². The van der Waals surface area contributed by atoms with E-state index in [1.165, 1.54) is 6.33 Å². The summed E-state index contributed by atoms with van der Waals surface area (Å²) in [5.74, 6) is 0.255. The lowest BCUT2D eigenvalue weighted by molar-refractivity contribution is -0.0664. The zero-order valence-electron chi connectivity index (χ0n) is 17.0. The molecule has 0 radical (unpaired) electrons. The Hall–Kier alpha value is -1.40. The molecular formula is C16H26N5O6PSi. The molecule has 3 N–H and O–H groups in total. The van der Waals surface area contributed by atoms with Gasteiger partial charge in [0, 0.05) is 0 Å². The lowest BCUT2D eigenvalue weighted by Gasteiger charge is -2.41. The molecule has 1 unspecified atom stereocenters. The van der Waals surface area contributed by atoms with Gasteiger partial charge < -0.3 is 19.8 Å². The van der Waals surface area contributed by atoms with Crippen LogP contribution >= 0.6 is 7.82 Å². The first-order chi connectivity index (χ1) is 13.4. The number of rotatable bonds is 3. The number of phosphoric ester groups is 1. The predicted octanol–water partition coefficient (Wildman–Crippen LogP) is 2.21. The van der Waals surface area contributed by atoms with Gasteiger partial charge in [-0.3, -0.25) is 13.6 Å². The van der Waals surface area contributed by atoms with Crippen molar-refractivity contribution in [3.8, 4) is 0 Å². The van der Waals surface area contributed by atoms with Gasteiger partial charge in [-0.05, 0) is 18.1 Å². The van der Waals surface area contributed by atoms with E-state index in [1.54, 1.807) is 10.9 Å². The molecule has 13 heteroatoms. The second-order valence-electron chi connectivity index (χ2n) is 8.83. The first kappa shape index (κ1) is 20.9. The summed E-state index contributed by atoms with van der Waals surface area (Å²) in [6.45, 7) is 10.5. The maximum atomic E-state index is 12.1. The molecule has 2 aliphatic rings. The minimum absolute atomic E-state index is 0.0734. The number of phosphoric acid groups is 1. The molecule has 0 bridgehead atoms. The maximum Gasteiger partial charge on any atom is 0.472 e. The Bertz CT molecular complexity index is 978. The SMILES string of the molecule is CC(C)(C)[Si](C)(C)O[C@@H]1[C@@H]2OP(=O)(O)OC[C@H]2O[C@H]1n1cnc2c(N)ncnc21. The van der Waals surface area contributed by atoms with E-state index in [0.29, 0.717) is 11.2 Å². The number of aromatic nitrogens is 4. The Morgan fingerprint density at radius 1 is 1.34 bits per heavy atom. The van der Waals surface area contributed by atoms with Crippen molar-refractivity contribution in [2.24, 2.45) is 0 Å². The van der Waals surface area contributed by atoms with Crippen LogP contribution in [0.25, 0.3) is 11.2 Å². The first-order valence-electron chi connectivity index (χ1n) is 9.32. The molecule has 4 heterocycles. The number of nitrogen functional groups attached to an aromatic ring is 1. The Kier molecular flexibility index (Phi) is 4.89. The molecule has 0 amide bonds. The number of ether oxygens (including phenoxy) is 1. The molecule has 2 saturated heterocycles. The molecular weight excluding hydrogens is 417 g/mol. The predicted molar refractivity (Wildman–Crippen MR) is 106 cm³/mol. The standard InChI is InChI=1S/C16H26N5O6PSi/c1-16(2,3)29(4,5)27-12-11-9(6-24-28(22,23)26-11)25-15(12)21-8-20-10-13(17)18-7-19-14(10)21/h7-9,11-12,15H,6H2,1-5H3,(H,22,23)(H2,17,18,19)/t9-,11-,12-,15-/m1/s1. The van der Waals surface area contributed by atoms with Crippen molar-refractivity contribution in [1.29, 1.82) is 0 Å². The third-order valence-electron chi connectivity index (χ3n) is 5.84. The van der Waals surface area contributed by atoms with Crippen LogP contribution in [0, 0.1) is 0 Å². The molecule has 29 heavy (non-hydrogen) atoms. The molecule has 0 saturated carbocycles. The highest BCUT2D eigenvalue weighted by molar-refractivity contribution is 7.47. The lowest BCUT2D eigenvalue weighted by atomic mass is 10.1. The van der Waals surface area contributed by atoms with Gasteiger partial charge >= 0.3 is 7.82 Å². The molecule has 0 aliphatic carbocycles. The summed E-state index contributed by atoms with van der Waals surface area (Å²) in [6.07, 6.45) is 0.234. The quantitative estimate of drug-likeness (QED) is 0.535. The fraction of sp³-hybridized carbons (Fsp3) is 0.688. The van der Waals surface area contributed by atoms with Crippen LogP contribution in [0.3, 0.4) is 0 Å². The Balaban J connectivity index is 1.77. The van der Waals surface area contributed by atoms with Gasteiger partial charge in [0.05, 0.1) is 12.9 Å². The summed E-state index contributed by atoms with van der Waals surface area (Å²) in [5.41, 5.74) is 6.84. The average molecular weight is 443 g/mol. The number of anilines is 1. The number of nitrogens with zero attached hydrogens (tertiary/aromatic N) is 4. The van der Waals surface area contributed by atoms with E-state index in [4.69, 9.17) is 23.9 Å². The van der Waals surface area contributed by atoms with Gasteiger partial charge in [-0.15, -0.1) is 0 Å². The number of hydrogen-bond acceptors (Lipinski definition) is 9. The Morgan fingerprint density at radius 2 is 2.07 bits per heavy atom. The van der Waals surface area contributed by atoms with Crippen LogP contribution in [0.15, 0.2) is 12.7 Å². The molecule has 4 rings (SSSR count). The Morgan fingerprint density at radius 3 is 2.76 bits per heavy atom. The normalized spacial score (nSPS) is 33.2. The minimum Gasteiger partial charge on any atom is -0.407 e. The van der Waals surface area contributed by atoms with Crippen molar-refractivity contribution in [2.45, 2.75) is 63.4 Å². The molecule has 2 aliphatic heterocycles. The Labute approximate surface area is 169 Å². The monoisotopic (exact) mass is 443 g/mol. The molecule has 160 valence electrons. The van der Waals surface area contributed by atoms with Crippen molar-refractivity contribution in [3.05, 3.63) is 12.7 Å². The van der Waals surface area contributed by atoms with E-state index in [-0.39, 0.29) is 17.5 Å². The second kappa shape index (κ2) is 6.81. The fourth-order valence-corrected chi connectivity index (χ4v) is 5.49. The van der Waals surface area contributed by atoms with Gasteiger partial charge in [-0.1, -0.05) is 20.8 Å². The minimum atomic E-state index is -4.17. The van der Waals surface area contributed by atoms with Crippen LogP contribution in [-0.4, -0.2) is 57.6 Å². The number of hydrogen-bond donors (Lipinski definition) is 2. The molecule has 2 aromatic heterocycles. The smallest absolute Gasteiger partial charge is 0.407 e. The first-order valence-corrected chi connectivity index (χ1v) is 13.7. The van der Waals surface area contributed by atoms with Gasteiger partial charge in [0.1, 0.15) is 30.2 Å². The van der Waals surface area contributed by atoms with Crippen molar-refractivity contribution in [3.63, 3.8) is 0 Å². The van der Waals surface area contributed by atoms with Crippen LogP contribution in [0.2, 0.25) is 18.1 Å². The van der Waals surface area contributed by atoms with Crippen LogP contribution in [0.5, 0.6) is 0 Å². The lowest BCUT2D eigenvalue weighted by Crippen LogP contribution is -2.50. The zero-order valence-corrected chi connectivity index (χ0v) is 18.9. The molecule has 2 aromatic rings. The highest BCUT2D eigenvalue weighted by Gasteiger charge is 2.56. The van der Waals surface area contributed by atoms with Crippen molar-refractivity contribution >= 4 is 33.1 Å². The van der Waals surface area contributed by atoms with Gasteiger partial charge in [-0.2, -0.15) is 0 Å². The summed E-state index contributed by atoms with van der Waals surface area (Å²) >= 11 is 0. The van der Waals surface area contributed by atoms with Crippen molar-refractivity contribution in [1.82, 2.24) is 19.5 Å². The van der Waals surface area contributed by atoms with E-state index >= 15 is 0 Å². The van der Waals surface area contributed by atoms with Crippen molar-refractivity contribution < 1.29 is 27.7 Å². The summed E-state index contributed by atoms with van der Waals surface area (Å²) < 4.78 is 36.9. The van der Waals surface area contributed by atoms with E-state index in [9.17, 15) is 9.46 Å². The van der Waals surface area contributed by atoms with E-state index < -0.39 is 40.7 Å². The highest BCUT2D eigenvalue weighted by Crippen LogP contribution is 2.54. The molecule has 5 atom stereocenters. The van der Waals surface area contributed by atoms with Gasteiger partial charge in [0.2, 0.25) is 0 Å². The highest BCUT2D eigenvalue weighted by atomic mass is 31.2. The largest absolute Gasteiger partial charge is 0.472 e. The summed E-state index contributed by atoms with van der Waals surface area (Å²) in [4.78, 5) is 22.4. The third kappa shape index (κ3) is 3.63. The van der Waals surface area contributed by atoms with E-state index in [1.807, 2.05) is 0 Å². The maximum absolute atomic E-state index is 12.1. The van der Waals surface area contributed by atoms with Crippen LogP contribution in [0.4, 0.5) is 5.82 Å². The average Bonchev–Trinajstić information content (AvgIpc) is 3.16.